The van der Waals surface area contributed by atoms with Crippen molar-refractivity contribution in [2.75, 3.05) is 19.7 Å². The van der Waals surface area contributed by atoms with Gasteiger partial charge in [0.05, 0.1) is 19.1 Å². The predicted molar refractivity (Wildman–Crippen MR) is 92.7 cm³/mol. The zero-order valence-corrected chi connectivity index (χ0v) is 15.0. The summed E-state index contributed by atoms with van der Waals surface area (Å²) < 4.78 is 5.66. The van der Waals surface area contributed by atoms with Crippen LogP contribution in [0.3, 0.4) is 0 Å². The van der Waals surface area contributed by atoms with Gasteiger partial charge in [-0.25, -0.2) is 0 Å². The Morgan fingerprint density at radius 1 is 1.22 bits per heavy atom. The number of nitrogens with one attached hydrogen (secondary N) is 2. The topological polar surface area (TPSA) is 50.4 Å². The normalized spacial score (nSPS) is 42.8. The van der Waals surface area contributed by atoms with Gasteiger partial charge >= 0.3 is 0 Å². The SMILES string of the molecule is CC(NC(=O)CC1CNCCO1)C12CC3CC(CC(C3)C1)C2.Cl. The van der Waals surface area contributed by atoms with Gasteiger partial charge in [0.25, 0.3) is 0 Å². The molecule has 0 spiro atoms. The maximum atomic E-state index is 12.4. The lowest BCUT2D eigenvalue weighted by Gasteiger charge is -2.59. The van der Waals surface area contributed by atoms with Gasteiger partial charge in [-0.3, -0.25) is 4.79 Å². The first kappa shape index (κ1) is 17.5. The van der Waals surface area contributed by atoms with Crippen LogP contribution in [0, 0.1) is 23.2 Å². The van der Waals surface area contributed by atoms with Crippen LogP contribution in [0.2, 0.25) is 0 Å². The highest BCUT2D eigenvalue weighted by Gasteiger charge is 2.53. The largest absolute Gasteiger partial charge is 0.375 e. The smallest absolute Gasteiger partial charge is 0.222 e. The van der Waals surface area contributed by atoms with Gasteiger partial charge in [0.1, 0.15) is 0 Å². The zero-order chi connectivity index (χ0) is 15.2. The van der Waals surface area contributed by atoms with Gasteiger partial charge in [-0.15, -0.1) is 12.4 Å². The molecule has 132 valence electrons. The van der Waals surface area contributed by atoms with Crippen LogP contribution in [0.5, 0.6) is 0 Å². The minimum atomic E-state index is 0. The van der Waals surface area contributed by atoms with Crippen LogP contribution < -0.4 is 10.6 Å². The van der Waals surface area contributed by atoms with E-state index in [9.17, 15) is 4.79 Å². The third-order valence-corrected chi connectivity index (χ3v) is 6.80. The average molecular weight is 343 g/mol. The summed E-state index contributed by atoms with van der Waals surface area (Å²) in [6.07, 6.45) is 8.98. The summed E-state index contributed by atoms with van der Waals surface area (Å²) in [5.74, 6) is 3.00. The molecule has 2 atom stereocenters. The number of rotatable bonds is 4. The summed E-state index contributed by atoms with van der Waals surface area (Å²) >= 11 is 0. The third-order valence-electron chi connectivity index (χ3n) is 6.80. The Morgan fingerprint density at radius 2 is 1.83 bits per heavy atom. The van der Waals surface area contributed by atoms with E-state index in [1.165, 1.54) is 38.5 Å². The van der Waals surface area contributed by atoms with Crippen LogP contribution in [-0.2, 0) is 9.53 Å². The molecule has 5 heteroatoms. The van der Waals surface area contributed by atoms with E-state index in [0.717, 1.165) is 37.5 Å². The minimum Gasteiger partial charge on any atom is -0.375 e. The molecule has 23 heavy (non-hydrogen) atoms. The number of carbonyl (C=O) groups is 1. The maximum absolute atomic E-state index is 12.4. The molecule has 4 saturated carbocycles. The molecule has 2 N–H and O–H groups in total. The fraction of sp³-hybridized carbons (Fsp3) is 0.944. The Hall–Kier alpha value is -0.320. The standard InChI is InChI=1S/C18H30N2O2.ClH/c1-12(20-17(21)7-16-11-19-2-3-22-16)18-8-13-4-14(9-18)6-15(5-13)10-18;/h12-16,19H,2-11H2,1H3,(H,20,21);1H. The van der Waals surface area contributed by atoms with E-state index in [2.05, 4.69) is 17.6 Å². The molecule has 0 radical (unpaired) electrons. The summed E-state index contributed by atoms with van der Waals surface area (Å²) in [5, 5.41) is 6.63. The molecule has 1 heterocycles. The minimum absolute atomic E-state index is 0. The van der Waals surface area contributed by atoms with Crippen LogP contribution >= 0.6 is 12.4 Å². The number of ether oxygens (including phenoxy) is 1. The molecule has 0 aromatic heterocycles. The summed E-state index contributed by atoms with van der Waals surface area (Å²) in [6, 6.07) is 0.324. The lowest BCUT2D eigenvalue weighted by atomic mass is 9.48. The number of amides is 1. The van der Waals surface area contributed by atoms with Gasteiger partial charge in [-0.05, 0) is 68.6 Å². The van der Waals surface area contributed by atoms with E-state index < -0.39 is 0 Å². The molecule has 5 aliphatic rings. The number of carbonyl (C=O) groups excluding carboxylic acids is 1. The molecule has 0 aromatic rings. The zero-order valence-electron chi connectivity index (χ0n) is 14.2. The van der Waals surface area contributed by atoms with E-state index >= 15 is 0 Å². The Labute approximate surface area is 145 Å². The maximum Gasteiger partial charge on any atom is 0.222 e. The Morgan fingerprint density at radius 3 is 2.35 bits per heavy atom. The predicted octanol–water partition coefficient (Wildman–Crippen LogP) is 2.51. The first-order valence-electron chi connectivity index (χ1n) is 9.25. The lowest BCUT2D eigenvalue weighted by molar-refractivity contribution is -0.129. The lowest BCUT2D eigenvalue weighted by Crippen LogP contribution is -2.56. The third kappa shape index (κ3) is 3.54. The fourth-order valence-electron chi connectivity index (χ4n) is 6.12. The van der Waals surface area contributed by atoms with Crippen molar-refractivity contribution in [3.63, 3.8) is 0 Å². The second kappa shape index (κ2) is 6.89. The summed E-state index contributed by atoms with van der Waals surface area (Å²) in [4.78, 5) is 12.4. The van der Waals surface area contributed by atoms with E-state index in [-0.39, 0.29) is 24.4 Å². The summed E-state index contributed by atoms with van der Waals surface area (Å²) in [6.45, 7) is 4.69. The molecule has 4 bridgehead atoms. The van der Waals surface area contributed by atoms with Crippen LogP contribution in [0.25, 0.3) is 0 Å². The molecule has 1 amide bonds. The number of hydrogen-bond acceptors (Lipinski definition) is 3. The Kier molecular flexibility index (Phi) is 5.24. The van der Waals surface area contributed by atoms with Crippen LogP contribution in [-0.4, -0.2) is 37.7 Å². The van der Waals surface area contributed by atoms with Gasteiger partial charge in [-0.1, -0.05) is 0 Å². The Balaban J connectivity index is 0.00000156. The monoisotopic (exact) mass is 342 g/mol. The van der Waals surface area contributed by atoms with Gasteiger partial charge in [-0.2, -0.15) is 0 Å². The first-order valence-corrected chi connectivity index (χ1v) is 9.25. The molecular weight excluding hydrogens is 312 g/mol. The highest BCUT2D eigenvalue weighted by molar-refractivity contribution is 5.85. The van der Waals surface area contributed by atoms with E-state index in [1.54, 1.807) is 0 Å². The van der Waals surface area contributed by atoms with Crippen LogP contribution in [0.1, 0.15) is 51.9 Å². The van der Waals surface area contributed by atoms with Crippen LogP contribution in [0.4, 0.5) is 0 Å². The summed E-state index contributed by atoms with van der Waals surface area (Å²) in [7, 11) is 0. The van der Waals surface area contributed by atoms with Gasteiger partial charge < -0.3 is 15.4 Å². The molecular formula is C18H31ClN2O2. The molecule has 0 aromatic carbocycles. The molecule has 5 fully saturated rings. The van der Waals surface area contributed by atoms with Crippen molar-refractivity contribution in [1.82, 2.24) is 10.6 Å². The highest BCUT2D eigenvalue weighted by atomic mass is 35.5. The quantitative estimate of drug-likeness (QED) is 0.825. The molecule has 1 saturated heterocycles. The second-order valence-electron chi connectivity index (χ2n) is 8.47. The number of morpholine rings is 1. The van der Waals surface area contributed by atoms with Crippen LogP contribution in [0.15, 0.2) is 0 Å². The molecule has 4 aliphatic carbocycles. The van der Waals surface area contributed by atoms with Gasteiger partial charge in [0.15, 0.2) is 0 Å². The van der Waals surface area contributed by atoms with E-state index in [0.29, 0.717) is 17.9 Å². The molecule has 4 nitrogen and oxygen atoms in total. The average Bonchev–Trinajstić information content (AvgIpc) is 2.46. The van der Waals surface area contributed by atoms with E-state index in [1.807, 2.05) is 0 Å². The van der Waals surface area contributed by atoms with Crippen molar-refractivity contribution >= 4 is 18.3 Å². The first-order chi connectivity index (χ1) is 10.6. The summed E-state index contributed by atoms with van der Waals surface area (Å²) in [5.41, 5.74) is 0.399. The van der Waals surface area contributed by atoms with Crippen molar-refractivity contribution < 1.29 is 9.53 Å². The fourth-order valence-corrected chi connectivity index (χ4v) is 6.12. The van der Waals surface area contributed by atoms with Gasteiger partial charge in [0, 0.05) is 19.1 Å². The second-order valence-corrected chi connectivity index (χ2v) is 8.47. The van der Waals surface area contributed by atoms with Gasteiger partial charge in [0.2, 0.25) is 5.91 Å². The van der Waals surface area contributed by atoms with Crippen molar-refractivity contribution in [2.24, 2.45) is 23.2 Å². The Bertz CT molecular complexity index is 401. The van der Waals surface area contributed by atoms with Crippen molar-refractivity contribution in [2.45, 2.75) is 64.0 Å². The number of hydrogen-bond donors (Lipinski definition) is 2. The highest BCUT2D eigenvalue weighted by Crippen LogP contribution is 2.61. The molecule has 1 aliphatic heterocycles. The van der Waals surface area contributed by atoms with E-state index in [4.69, 9.17) is 4.74 Å². The molecule has 5 rings (SSSR count). The van der Waals surface area contributed by atoms with Crippen molar-refractivity contribution in [3.8, 4) is 0 Å². The molecule has 2 unspecified atom stereocenters. The van der Waals surface area contributed by atoms with Crippen molar-refractivity contribution in [3.05, 3.63) is 0 Å². The van der Waals surface area contributed by atoms with Crippen molar-refractivity contribution in [1.29, 1.82) is 0 Å². The number of halogens is 1.